The molecule has 0 atom stereocenters. The summed E-state index contributed by atoms with van der Waals surface area (Å²) in [6, 6.07) is 13.6. The molecule has 0 spiro atoms. The first-order valence-electron chi connectivity index (χ1n) is 6.96. The lowest BCUT2D eigenvalue weighted by Gasteiger charge is -2.09. The van der Waals surface area contributed by atoms with Crippen molar-refractivity contribution in [2.75, 3.05) is 5.32 Å². The van der Waals surface area contributed by atoms with Crippen molar-refractivity contribution in [2.45, 2.75) is 6.54 Å². The molecule has 0 saturated heterocycles. The van der Waals surface area contributed by atoms with E-state index in [0.29, 0.717) is 21.6 Å². The number of carbonyl (C=O) groups is 1. The van der Waals surface area contributed by atoms with Crippen molar-refractivity contribution >= 4 is 34.9 Å². The Morgan fingerprint density at radius 3 is 2.58 bits per heavy atom. The number of carbonyl (C=O) groups excluding carboxylic acids is 1. The summed E-state index contributed by atoms with van der Waals surface area (Å²) in [5.41, 5.74) is 1.27. The first kappa shape index (κ1) is 16.2. The zero-order valence-electron chi connectivity index (χ0n) is 12.3. The Bertz CT molecular complexity index is 849. The Hall–Kier alpha value is -2.64. The predicted octanol–water partition coefficient (Wildman–Crippen LogP) is 3.29. The number of benzene rings is 2. The summed E-state index contributed by atoms with van der Waals surface area (Å²) in [6.07, 6.45) is 0. The highest BCUT2D eigenvalue weighted by Gasteiger charge is 2.10. The molecule has 1 heterocycles. The molecule has 122 valence electrons. The van der Waals surface area contributed by atoms with Crippen LogP contribution in [-0.4, -0.2) is 26.2 Å². The van der Waals surface area contributed by atoms with Crippen LogP contribution < -0.4 is 10.6 Å². The van der Waals surface area contributed by atoms with Gasteiger partial charge in [0.25, 0.3) is 0 Å². The number of hydrogen-bond donors (Lipinski definition) is 2. The first-order chi connectivity index (χ1) is 11.6. The normalized spacial score (nSPS) is 10.4. The van der Waals surface area contributed by atoms with E-state index in [9.17, 15) is 4.79 Å². The molecule has 1 aromatic heterocycles. The van der Waals surface area contributed by atoms with Crippen molar-refractivity contribution < 1.29 is 4.79 Å². The van der Waals surface area contributed by atoms with Gasteiger partial charge < -0.3 is 10.6 Å². The van der Waals surface area contributed by atoms with Crippen molar-refractivity contribution in [3.05, 3.63) is 64.4 Å². The summed E-state index contributed by atoms with van der Waals surface area (Å²) < 4.78 is 1.52. The molecule has 0 bridgehead atoms. The molecule has 3 aromatic rings. The van der Waals surface area contributed by atoms with Gasteiger partial charge in [0.05, 0.1) is 22.9 Å². The second-order valence-corrected chi connectivity index (χ2v) is 5.61. The van der Waals surface area contributed by atoms with Crippen LogP contribution in [0.25, 0.3) is 5.69 Å². The third-order valence-corrected chi connectivity index (χ3v) is 3.72. The maximum absolute atomic E-state index is 12.0. The average Bonchev–Trinajstić information content (AvgIpc) is 3.04. The molecule has 2 aromatic carbocycles. The second kappa shape index (κ2) is 7.29. The lowest BCUT2D eigenvalue weighted by atomic mass is 10.3. The number of nitrogens with zero attached hydrogens (tertiary/aromatic N) is 4. The second-order valence-electron chi connectivity index (χ2n) is 4.77. The fraction of sp³-hybridized carbons (Fsp3) is 0.0667. The van der Waals surface area contributed by atoms with Crippen molar-refractivity contribution in [1.29, 1.82) is 0 Å². The number of anilines is 1. The van der Waals surface area contributed by atoms with E-state index < -0.39 is 6.03 Å². The van der Waals surface area contributed by atoms with E-state index in [-0.39, 0.29) is 6.54 Å². The van der Waals surface area contributed by atoms with Gasteiger partial charge in [0.1, 0.15) is 0 Å². The average molecular weight is 363 g/mol. The quantitative estimate of drug-likeness (QED) is 0.745. The Morgan fingerprint density at radius 1 is 1.08 bits per heavy atom. The minimum atomic E-state index is -0.409. The third-order valence-electron chi connectivity index (χ3n) is 3.13. The van der Waals surface area contributed by atoms with Crippen LogP contribution in [-0.2, 0) is 6.54 Å². The zero-order valence-corrected chi connectivity index (χ0v) is 13.8. The number of nitrogens with one attached hydrogen (secondary N) is 2. The molecule has 0 aliphatic heterocycles. The summed E-state index contributed by atoms with van der Waals surface area (Å²) in [6.45, 7) is 0.145. The topological polar surface area (TPSA) is 84.7 Å². The standard InChI is InChI=1S/C15H12Cl2N6O/c16-10-5-7-11(8-6-10)23-14(20-21-22-23)9-18-15(24)19-13-4-2-1-3-12(13)17/h1-8H,9H2,(H2,18,19,24). The van der Waals surface area contributed by atoms with Crippen LogP contribution >= 0.6 is 23.2 Å². The maximum atomic E-state index is 12.0. The van der Waals surface area contributed by atoms with Crippen LogP contribution in [0.1, 0.15) is 5.82 Å². The Labute approximate surface area is 147 Å². The van der Waals surface area contributed by atoms with Crippen LogP contribution in [0.3, 0.4) is 0 Å². The SMILES string of the molecule is O=C(NCc1nnnn1-c1ccc(Cl)cc1)Nc1ccccc1Cl. The largest absolute Gasteiger partial charge is 0.330 e. The fourth-order valence-electron chi connectivity index (χ4n) is 1.99. The highest BCUT2D eigenvalue weighted by atomic mass is 35.5. The summed E-state index contributed by atoms with van der Waals surface area (Å²) >= 11 is 11.9. The molecule has 0 aliphatic rings. The van der Waals surface area contributed by atoms with Gasteiger partial charge in [-0.1, -0.05) is 35.3 Å². The molecule has 3 rings (SSSR count). The van der Waals surface area contributed by atoms with Crippen LogP contribution in [0.15, 0.2) is 48.5 Å². The predicted molar refractivity (Wildman–Crippen MR) is 91.5 cm³/mol. The van der Waals surface area contributed by atoms with Crippen molar-refractivity contribution in [3.63, 3.8) is 0 Å². The third kappa shape index (κ3) is 3.81. The number of aromatic nitrogens is 4. The number of halogens is 2. The fourth-order valence-corrected chi connectivity index (χ4v) is 2.30. The van der Waals surface area contributed by atoms with E-state index in [0.717, 1.165) is 5.69 Å². The molecular weight excluding hydrogens is 351 g/mol. The monoisotopic (exact) mass is 362 g/mol. The molecular formula is C15H12Cl2N6O. The van der Waals surface area contributed by atoms with E-state index in [2.05, 4.69) is 26.2 Å². The summed E-state index contributed by atoms with van der Waals surface area (Å²) in [4.78, 5) is 12.0. The molecule has 0 saturated carbocycles. The van der Waals surface area contributed by atoms with Crippen LogP contribution in [0.4, 0.5) is 10.5 Å². The van der Waals surface area contributed by atoms with E-state index in [4.69, 9.17) is 23.2 Å². The van der Waals surface area contributed by atoms with Gasteiger partial charge in [-0.15, -0.1) is 5.10 Å². The number of hydrogen-bond acceptors (Lipinski definition) is 4. The molecule has 7 nitrogen and oxygen atoms in total. The molecule has 2 N–H and O–H groups in total. The number of para-hydroxylation sites is 1. The van der Waals surface area contributed by atoms with E-state index in [1.54, 1.807) is 48.5 Å². The highest BCUT2D eigenvalue weighted by Crippen LogP contribution is 2.20. The van der Waals surface area contributed by atoms with Crippen LogP contribution in [0.2, 0.25) is 10.0 Å². The van der Waals surface area contributed by atoms with Gasteiger partial charge in [0, 0.05) is 5.02 Å². The van der Waals surface area contributed by atoms with Gasteiger partial charge in [-0.3, -0.25) is 0 Å². The Morgan fingerprint density at radius 2 is 1.83 bits per heavy atom. The maximum Gasteiger partial charge on any atom is 0.319 e. The Kier molecular flexibility index (Phi) is 4.93. The molecule has 9 heteroatoms. The molecule has 0 unspecified atom stereocenters. The van der Waals surface area contributed by atoms with E-state index in [1.807, 2.05) is 0 Å². The lowest BCUT2D eigenvalue weighted by molar-refractivity contribution is 0.251. The minimum Gasteiger partial charge on any atom is -0.330 e. The molecule has 0 aliphatic carbocycles. The van der Waals surface area contributed by atoms with Gasteiger partial charge in [0.2, 0.25) is 0 Å². The molecule has 0 radical (unpaired) electrons. The Balaban J connectivity index is 1.65. The summed E-state index contributed by atoms with van der Waals surface area (Å²) in [5.74, 6) is 0.478. The van der Waals surface area contributed by atoms with Crippen LogP contribution in [0, 0.1) is 0 Å². The van der Waals surface area contributed by atoms with E-state index in [1.165, 1.54) is 4.68 Å². The lowest BCUT2D eigenvalue weighted by Crippen LogP contribution is -2.29. The first-order valence-corrected chi connectivity index (χ1v) is 7.71. The molecule has 0 fully saturated rings. The number of urea groups is 1. The number of tetrazole rings is 1. The van der Waals surface area contributed by atoms with E-state index >= 15 is 0 Å². The van der Waals surface area contributed by atoms with Gasteiger partial charge in [-0.05, 0) is 46.8 Å². The minimum absolute atomic E-state index is 0.145. The highest BCUT2D eigenvalue weighted by molar-refractivity contribution is 6.33. The van der Waals surface area contributed by atoms with Crippen molar-refractivity contribution in [1.82, 2.24) is 25.5 Å². The smallest absolute Gasteiger partial charge is 0.319 e. The van der Waals surface area contributed by atoms with Gasteiger partial charge in [0.15, 0.2) is 5.82 Å². The van der Waals surface area contributed by atoms with Crippen molar-refractivity contribution in [3.8, 4) is 5.69 Å². The van der Waals surface area contributed by atoms with Crippen molar-refractivity contribution in [2.24, 2.45) is 0 Å². The van der Waals surface area contributed by atoms with Crippen LogP contribution in [0.5, 0.6) is 0 Å². The van der Waals surface area contributed by atoms with Gasteiger partial charge in [-0.2, -0.15) is 4.68 Å². The molecule has 2 amide bonds. The zero-order chi connectivity index (χ0) is 16.9. The van der Waals surface area contributed by atoms with Gasteiger partial charge >= 0.3 is 6.03 Å². The number of amides is 2. The molecule has 24 heavy (non-hydrogen) atoms. The van der Waals surface area contributed by atoms with Gasteiger partial charge in [-0.25, -0.2) is 4.79 Å². The number of rotatable bonds is 4. The summed E-state index contributed by atoms with van der Waals surface area (Å²) in [7, 11) is 0. The summed E-state index contributed by atoms with van der Waals surface area (Å²) in [5, 5.41) is 17.9.